The van der Waals surface area contributed by atoms with Crippen molar-refractivity contribution in [3.63, 3.8) is 0 Å². The van der Waals surface area contributed by atoms with E-state index in [-0.39, 0.29) is 24.0 Å². The van der Waals surface area contributed by atoms with Crippen LogP contribution in [0.25, 0.3) is 0 Å². The van der Waals surface area contributed by atoms with Crippen molar-refractivity contribution in [1.82, 2.24) is 29.3 Å². The van der Waals surface area contributed by atoms with Gasteiger partial charge in [-0.25, -0.2) is 4.72 Å². The highest BCUT2D eigenvalue weighted by molar-refractivity contribution is 7.87. The Hall–Kier alpha value is -4.22. The molecule has 0 aliphatic heterocycles. The molecule has 2 aliphatic rings. The minimum Gasteiger partial charge on any atom is -0.454 e. The lowest BCUT2D eigenvalue weighted by molar-refractivity contribution is -0.154. The van der Waals surface area contributed by atoms with Crippen molar-refractivity contribution in [3.8, 4) is 6.01 Å². The molecule has 0 atom stereocenters. The average Bonchev–Trinajstić information content (AvgIpc) is 3.92. The van der Waals surface area contributed by atoms with Crippen molar-refractivity contribution in [2.24, 2.45) is 5.41 Å². The summed E-state index contributed by atoms with van der Waals surface area (Å²) in [6.45, 7) is -1.66. The second-order valence-corrected chi connectivity index (χ2v) is 13.6. The van der Waals surface area contributed by atoms with Gasteiger partial charge in [0, 0.05) is 36.9 Å². The number of benzene rings is 2. The molecule has 2 saturated carbocycles. The molecule has 0 saturated heterocycles. The molecule has 5 rings (SSSR count). The highest BCUT2D eigenvalue weighted by Crippen LogP contribution is 2.48. The Bertz CT molecular complexity index is 1720. The van der Waals surface area contributed by atoms with Gasteiger partial charge in [0.15, 0.2) is 6.61 Å². The maximum absolute atomic E-state index is 12.9. The molecule has 18 heteroatoms. The van der Waals surface area contributed by atoms with Crippen LogP contribution in [-0.2, 0) is 20.5 Å². The Labute approximate surface area is 267 Å². The standard InChI is InChI=1S/C28H30ClF3N8O5S/c1-40(2)46(43,44)39-22(42)26(11-12-26)15-33-21(41)17-3-9-20(10-4-17)34-23-35-24(37-25(36-23)45-16-28(30,31)32)38-27(13-14-27)18-5-7-19(29)8-6-18/h3-10H,11-16H2,1-2H3,(H,33,41)(H,39,42)(H2,34,35,36,37,38). The third-order valence-corrected chi connectivity index (χ3v) is 9.16. The summed E-state index contributed by atoms with van der Waals surface area (Å²) in [4.78, 5) is 37.6. The fourth-order valence-corrected chi connectivity index (χ4v) is 5.17. The van der Waals surface area contributed by atoms with Crippen LogP contribution in [0.4, 0.5) is 30.8 Å². The first-order valence-corrected chi connectivity index (χ1v) is 15.8. The van der Waals surface area contributed by atoms with Crippen LogP contribution in [0.3, 0.4) is 0 Å². The van der Waals surface area contributed by atoms with Gasteiger partial charge in [0.25, 0.3) is 5.91 Å². The van der Waals surface area contributed by atoms with Gasteiger partial charge in [-0.3, -0.25) is 9.59 Å². The number of carbonyl (C=O) groups is 2. The normalized spacial score (nSPS) is 16.3. The van der Waals surface area contributed by atoms with E-state index in [4.69, 9.17) is 16.3 Å². The molecule has 246 valence electrons. The van der Waals surface area contributed by atoms with Crippen LogP contribution in [0.5, 0.6) is 6.01 Å². The summed E-state index contributed by atoms with van der Waals surface area (Å²) >= 11 is 6.01. The Balaban J connectivity index is 1.25. The molecule has 1 heterocycles. The van der Waals surface area contributed by atoms with Gasteiger partial charge in [-0.2, -0.15) is 40.8 Å². The smallest absolute Gasteiger partial charge is 0.422 e. The van der Waals surface area contributed by atoms with Crippen LogP contribution >= 0.6 is 11.6 Å². The van der Waals surface area contributed by atoms with Crippen LogP contribution in [0, 0.1) is 5.41 Å². The lowest BCUT2D eigenvalue weighted by atomic mass is 10.1. The number of alkyl halides is 3. The maximum atomic E-state index is 12.9. The Kier molecular flexibility index (Phi) is 9.03. The lowest BCUT2D eigenvalue weighted by Crippen LogP contribution is -2.46. The van der Waals surface area contributed by atoms with Crippen LogP contribution in [0.2, 0.25) is 5.02 Å². The zero-order chi connectivity index (χ0) is 33.3. The number of hydrogen-bond acceptors (Lipinski definition) is 10. The molecule has 0 spiro atoms. The predicted molar refractivity (Wildman–Crippen MR) is 162 cm³/mol. The highest BCUT2D eigenvalue weighted by Gasteiger charge is 2.51. The van der Waals surface area contributed by atoms with E-state index in [0.29, 0.717) is 23.6 Å². The molecule has 46 heavy (non-hydrogen) atoms. The molecule has 3 aromatic rings. The van der Waals surface area contributed by atoms with Crippen LogP contribution in [0.1, 0.15) is 41.6 Å². The Morgan fingerprint density at radius 2 is 1.59 bits per heavy atom. The minimum atomic E-state index is -4.61. The Morgan fingerprint density at radius 3 is 2.15 bits per heavy atom. The number of anilines is 3. The third-order valence-electron chi connectivity index (χ3n) is 7.51. The van der Waals surface area contributed by atoms with E-state index in [1.165, 1.54) is 38.4 Å². The summed E-state index contributed by atoms with van der Waals surface area (Å²) in [6, 6.07) is 12.6. The second kappa shape index (κ2) is 12.5. The second-order valence-electron chi connectivity index (χ2n) is 11.3. The van der Waals surface area contributed by atoms with E-state index in [0.717, 1.165) is 22.7 Å². The monoisotopic (exact) mass is 682 g/mol. The molecule has 2 aromatic carbocycles. The summed E-state index contributed by atoms with van der Waals surface area (Å²) < 4.78 is 70.3. The summed E-state index contributed by atoms with van der Waals surface area (Å²) in [5, 5.41) is 9.30. The predicted octanol–water partition coefficient (Wildman–Crippen LogP) is 3.74. The van der Waals surface area contributed by atoms with Crippen molar-refractivity contribution < 1.29 is 35.9 Å². The van der Waals surface area contributed by atoms with Crippen molar-refractivity contribution in [2.75, 3.05) is 37.9 Å². The fraction of sp³-hybridized carbons (Fsp3) is 0.393. The first-order valence-electron chi connectivity index (χ1n) is 14.0. The summed E-state index contributed by atoms with van der Waals surface area (Å²) in [7, 11) is -1.38. The number of nitrogens with zero attached hydrogens (tertiary/aromatic N) is 4. The molecule has 2 amide bonds. The van der Waals surface area contributed by atoms with Gasteiger partial charge in [0.05, 0.1) is 11.0 Å². The largest absolute Gasteiger partial charge is 0.454 e. The van der Waals surface area contributed by atoms with Crippen molar-refractivity contribution in [1.29, 1.82) is 0 Å². The average molecular weight is 683 g/mol. The molecule has 0 unspecified atom stereocenters. The van der Waals surface area contributed by atoms with Gasteiger partial charge in [-0.05, 0) is 67.6 Å². The zero-order valence-electron chi connectivity index (χ0n) is 24.6. The number of amides is 2. The SMILES string of the molecule is CN(C)S(=O)(=O)NC(=O)C1(CNC(=O)c2ccc(Nc3nc(NC4(c5ccc(Cl)cc5)CC4)nc(OCC(F)(F)F)n3)cc2)CC1. The molecule has 2 aliphatic carbocycles. The summed E-state index contributed by atoms with van der Waals surface area (Å²) in [6.07, 6.45) is -2.32. The van der Waals surface area contributed by atoms with Crippen molar-refractivity contribution in [2.45, 2.75) is 37.4 Å². The summed E-state index contributed by atoms with van der Waals surface area (Å²) in [5.74, 6) is -1.29. The van der Waals surface area contributed by atoms with Gasteiger partial charge in [0.2, 0.25) is 17.8 Å². The van der Waals surface area contributed by atoms with Gasteiger partial charge < -0.3 is 20.7 Å². The van der Waals surface area contributed by atoms with Gasteiger partial charge in [-0.1, -0.05) is 23.7 Å². The maximum Gasteiger partial charge on any atom is 0.422 e. The van der Waals surface area contributed by atoms with Crippen LogP contribution in [-0.4, -0.2) is 72.9 Å². The van der Waals surface area contributed by atoms with E-state index >= 15 is 0 Å². The van der Waals surface area contributed by atoms with Gasteiger partial charge in [-0.15, -0.1) is 0 Å². The van der Waals surface area contributed by atoms with Gasteiger partial charge >= 0.3 is 22.4 Å². The molecule has 4 N–H and O–H groups in total. The topological polar surface area (TPSA) is 168 Å². The third kappa shape index (κ3) is 8.13. The molecular formula is C28H30ClF3N8O5S. The fourth-order valence-electron chi connectivity index (χ4n) is 4.41. The van der Waals surface area contributed by atoms with E-state index in [1.807, 2.05) is 16.9 Å². The van der Waals surface area contributed by atoms with E-state index in [1.54, 1.807) is 12.1 Å². The quantitative estimate of drug-likeness (QED) is 0.209. The molecule has 2 fully saturated rings. The number of rotatable bonds is 13. The van der Waals surface area contributed by atoms with E-state index in [2.05, 4.69) is 30.9 Å². The van der Waals surface area contributed by atoms with Gasteiger partial charge in [0.1, 0.15) is 0 Å². The van der Waals surface area contributed by atoms with Crippen LogP contribution in [0.15, 0.2) is 48.5 Å². The first-order chi connectivity index (χ1) is 21.6. The number of aromatic nitrogens is 3. The van der Waals surface area contributed by atoms with E-state index in [9.17, 15) is 31.2 Å². The number of nitrogens with one attached hydrogen (secondary N) is 4. The number of ether oxygens (including phenoxy) is 1. The molecule has 13 nitrogen and oxygen atoms in total. The van der Waals surface area contributed by atoms with Crippen molar-refractivity contribution >= 4 is 51.2 Å². The Morgan fingerprint density at radius 1 is 0.957 bits per heavy atom. The van der Waals surface area contributed by atoms with E-state index < -0.39 is 51.8 Å². The highest BCUT2D eigenvalue weighted by atomic mass is 35.5. The lowest BCUT2D eigenvalue weighted by Gasteiger charge is -2.19. The first kappa shape index (κ1) is 33.2. The van der Waals surface area contributed by atoms with Crippen molar-refractivity contribution in [3.05, 3.63) is 64.7 Å². The minimum absolute atomic E-state index is 0.00505. The molecular weight excluding hydrogens is 653 g/mol. The molecule has 0 bridgehead atoms. The molecule has 0 radical (unpaired) electrons. The number of hydrogen-bond donors (Lipinski definition) is 4. The van der Waals surface area contributed by atoms with Crippen LogP contribution < -0.4 is 25.4 Å². The summed E-state index contributed by atoms with van der Waals surface area (Å²) in [5.41, 5.74) is 0.0169. The zero-order valence-corrected chi connectivity index (χ0v) is 26.2. The number of halogens is 4. The molecule has 1 aromatic heterocycles. The number of carbonyl (C=O) groups excluding carboxylic acids is 2.